The van der Waals surface area contributed by atoms with E-state index < -0.39 is 0 Å². The number of nitrogens with zero attached hydrogens (tertiary/aromatic N) is 3. The van der Waals surface area contributed by atoms with Gasteiger partial charge in [0, 0.05) is 31.7 Å². The standard InChI is InChI=1S/C18H21N5OS/c1-2-8-23-15-6-4-3-5-14(15)19-16(23)11-22-9-7-13-12(10-22)17(24)21-18(25)20-13/h3-6H,2,7-11H2,1H3,(H2,20,21,24,25). The van der Waals surface area contributed by atoms with Crippen molar-refractivity contribution in [1.29, 1.82) is 0 Å². The third kappa shape index (κ3) is 3.05. The smallest absolute Gasteiger partial charge is 0.256 e. The van der Waals surface area contributed by atoms with E-state index in [9.17, 15) is 4.79 Å². The number of fused-ring (bicyclic) bond motifs is 2. The number of benzene rings is 1. The highest BCUT2D eigenvalue weighted by Gasteiger charge is 2.21. The lowest BCUT2D eigenvalue weighted by Crippen LogP contribution is -2.36. The van der Waals surface area contributed by atoms with Gasteiger partial charge >= 0.3 is 0 Å². The molecule has 1 aliphatic rings. The molecule has 0 unspecified atom stereocenters. The number of hydrogen-bond acceptors (Lipinski definition) is 4. The van der Waals surface area contributed by atoms with Crippen LogP contribution in [0.1, 0.15) is 30.4 Å². The Morgan fingerprint density at radius 3 is 2.96 bits per heavy atom. The van der Waals surface area contributed by atoms with E-state index in [1.165, 1.54) is 5.52 Å². The van der Waals surface area contributed by atoms with Crippen LogP contribution in [0.2, 0.25) is 0 Å². The Hall–Kier alpha value is -2.25. The maximum atomic E-state index is 12.2. The average Bonchev–Trinajstić information content (AvgIpc) is 2.93. The lowest BCUT2D eigenvalue weighted by Gasteiger charge is -2.27. The van der Waals surface area contributed by atoms with Crippen LogP contribution in [0, 0.1) is 4.77 Å². The van der Waals surface area contributed by atoms with E-state index in [-0.39, 0.29) is 5.56 Å². The van der Waals surface area contributed by atoms with Crippen LogP contribution in [0.5, 0.6) is 0 Å². The van der Waals surface area contributed by atoms with Crippen LogP contribution in [0.3, 0.4) is 0 Å². The number of H-pyrrole nitrogens is 2. The molecule has 0 fully saturated rings. The fourth-order valence-corrected chi connectivity index (χ4v) is 3.78. The second-order valence-electron chi connectivity index (χ2n) is 6.49. The minimum atomic E-state index is -0.0782. The zero-order valence-electron chi connectivity index (χ0n) is 14.2. The topological polar surface area (TPSA) is 69.7 Å². The number of hydrogen-bond donors (Lipinski definition) is 2. The number of aromatic amines is 2. The van der Waals surface area contributed by atoms with Crippen molar-refractivity contribution in [3.8, 4) is 0 Å². The third-order valence-electron chi connectivity index (χ3n) is 4.74. The molecule has 2 aromatic heterocycles. The summed E-state index contributed by atoms with van der Waals surface area (Å²) in [5.41, 5.74) is 3.89. The molecule has 0 saturated heterocycles. The zero-order chi connectivity index (χ0) is 17.4. The molecular formula is C18H21N5OS. The van der Waals surface area contributed by atoms with E-state index in [0.717, 1.165) is 55.1 Å². The summed E-state index contributed by atoms with van der Waals surface area (Å²) in [6.07, 6.45) is 1.86. The minimum Gasteiger partial charge on any atom is -0.335 e. The van der Waals surface area contributed by atoms with Crippen molar-refractivity contribution in [3.63, 3.8) is 0 Å². The van der Waals surface area contributed by atoms with Gasteiger partial charge in [-0.25, -0.2) is 4.98 Å². The second kappa shape index (κ2) is 6.57. The van der Waals surface area contributed by atoms with Gasteiger partial charge in [-0.2, -0.15) is 0 Å². The van der Waals surface area contributed by atoms with Crippen LogP contribution in [0.25, 0.3) is 11.0 Å². The number of aryl methyl sites for hydroxylation is 1. The Balaban J connectivity index is 1.65. The van der Waals surface area contributed by atoms with Gasteiger partial charge in [-0.15, -0.1) is 0 Å². The molecule has 4 rings (SSSR count). The molecular weight excluding hydrogens is 334 g/mol. The van der Waals surface area contributed by atoms with E-state index in [0.29, 0.717) is 11.3 Å². The molecule has 0 aliphatic carbocycles. The number of imidazole rings is 1. The summed E-state index contributed by atoms with van der Waals surface area (Å²) in [7, 11) is 0. The van der Waals surface area contributed by atoms with Crippen molar-refractivity contribution in [3.05, 3.63) is 56.5 Å². The summed E-state index contributed by atoms with van der Waals surface area (Å²) in [5.74, 6) is 1.06. The van der Waals surface area contributed by atoms with Gasteiger partial charge in [0.1, 0.15) is 5.82 Å². The molecule has 0 atom stereocenters. The highest BCUT2D eigenvalue weighted by molar-refractivity contribution is 7.71. The van der Waals surface area contributed by atoms with E-state index >= 15 is 0 Å². The van der Waals surface area contributed by atoms with Crippen molar-refractivity contribution in [1.82, 2.24) is 24.4 Å². The second-order valence-corrected chi connectivity index (χ2v) is 6.90. The molecule has 3 aromatic rings. The monoisotopic (exact) mass is 355 g/mol. The summed E-state index contributed by atoms with van der Waals surface area (Å²) in [6, 6.07) is 8.26. The van der Waals surface area contributed by atoms with E-state index in [1.54, 1.807) is 0 Å². The number of para-hydroxylation sites is 2. The van der Waals surface area contributed by atoms with Crippen LogP contribution >= 0.6 is 12.2 Å². The molecule has 0 bridgehead atoms. The third-order valence-corrected chi connectivity index (χ3v) is 4.94. The molecule has 0 saturated carbocycles. The number of rotatable bonds is 4. The van der Waals surface area contributed by atoms with Crippen molar-refractivity contribution in [2.75, 3.05) is 6.54 Å². The molecule has 2 N–H and O–H groups in total. The van der Waals surface area contributed by atoms with Gasteiger partial charge in [-0.3, -0.25) is 14.7 Å². The Kier molecular flexibility index (Phi) is 4.27. The van der Waals surface area contributed by atoms with Gasteiger partial charge in [-0.1, -0.05) is 19.1 Å². The van der Waals surface area contributed by atoms with E-state index in [2.05, 4.69) is 44.6 Å². The molecule has 0 radical (unpaired) electrons. The summed E-state index contributed by atoms with van der Waals surface area (Å²) >= 11 is 5.06. The van der Waals surface area contributed by atoms with Gasteiger partial charge in [0.2, 0.25) is 0 Å². The number of aromatic nitrogens is 4. The van der Waals surface area contributed by atoms with E-state index in [1.807, 2.05) is 6.07 Å². The summed E-state index contributed by atoms with van der Waals surface area (Å²) in [5, 5.41) is 0. The summed E-state index contributed by atoms with van der Waals surface area (Å²) < 4.78 is 2.70. The van der Waals surface area contributed by atoms with Crippen LogP contribution in [0.15, 0.2) is 29.1 Å². The maximum Gasteiger partial charge on any atom is 0.256 e. The Bertz CT molecular complexity index is 1030. The fourth-order valence-electron chi connectivity index (χ4n) is 3.57. The van der Waals surface area contributed by atoms with Gasteiger partial charge in [-0.05, 0) is 30.8 Å². The van der Waals surface area contributed by atoms with Gasteiger partial charge in [0.05, 0.1) is 23.1 Å². The Labute approximate surface area is 150 Å². The molecule has 6 nitrogen and oxygen atoms in total. The first-order valence-corrected chi connectivity index (χ1v) is 9.07. The first kappa shape index (κ1) is 16.2. The lowest BCUT2D eigenvalue weighted by molar-refractivity contribution is 0.232. The molecule has 1 aromatic carbocycles. The van der Waals surface area contributed by atoms with Crippen LogP contribution in [-0.4, -0.2) is 31.0 Å². The Morgan fingerprint density at radius 2 is 2.12 bits per heavy atom. The highest BCUT2D eigenvalue weighted by Crippen LogP contribution is 2.20. The zero-order valence-corrected chi connectivity index (χ0v) is 15.0. The van der Waals surface area contributed by atoms with E-state index in [4.69, 9.17) is 17.2 Å². The largest absolute Gasteiger partial charge is 0.335 e. The van der Waals surface area contributed by atoms with Crippen LogP contribution in [-0.2, 0) is 26.1 Å². The predicted molar refractivity (Wildman–Crippen MR) is 100 cm³/mol. The van der Waals surface area contributed by atoms with Crippen molar-refractivity contribution in [2.45, 2.75) is 39.4 Å². The quantitative estimate of drug-likeness (QED) is 0.706. The molecule has 7 heteroatoms. The molecule has 0 amide bonds. The molecule has 0 spiro atoms. The first-order chi connectivity index (χ1) is 12.2. The minimum absolute atomic E-state index is 0.0782. The van der Waals surface area contributed by atoms with Crippen molar-refractivity contribution in [2.24, 2.45) is 0 Å². The molecule has 3 heterocycles. The maximum absolute atomic E-state index is 12.2. The summed E-state index contributed by atoms with van der Waals surface area (Å²) in [4.78, 5) is 25.1. The molecule has 25 heavy (non-hydrogen) atoms. The Morgan fingerprint density at radius 1 is 1.28 bits per heavy atom. The average molecular weight is 355 g/mol. The highest BCUT2D eigenvalue weighted by atomic mass is 32.1. The van der Waals surface area contributed by atoms with Gasteiger partial charge < -0.3 is 9.55 Å². The predicted octanol–water partition coefficient (Wildman–Crippen LogP) is 2.75. The normalized spacial score (nSPS) is 14.8. The van der Waals surface area contributed by atoms with Crippen molar-refractivity contribution >= 4 is 23.3 Å². The molecule has 130 valence electrons. The SMILES string of the molecule is CCCn1c(CN2CCc3[nH]c(=S)[nH]c(=O)c3C2)nc2ccccc21. The van der Waals surface area contributed by atoms with Crippen LogP contribution in [0.4, 0.5) is 0 Å². The first-order valence-electron chi connectivity index (χ1n) is 8.66. The van der Waals surface area contributed by atoms with Crippen molar-refractivity contribution < 1.29 is 0 Å². The van der Waals surface area contributed by atoms with Gasteiger partial charge in [0.15, 0.2) is 4.77 Å². The number of nitrogens with one attached hydrogen (secondary N) is 2. The van der Waals surface area contributed by atoms with Crippen LogP contribution < -0.4 is 5.56 Å². The van der Waals surface area contributed by atoms with Gasteiger partial charge in [0.25, 0.3) is 5.56 Å². The molecule has 1 aliphatic heterocycles. The summed E-state index contributed by atoms with van der Waals surface area (Å²) in [6.45, 7) is 5.37. The lowest BCUT2D eigenvalue weighted by atomic mass is 10.1. The fraction of sp³-hybridized carbons (Fsp3) is 0.389.